The average molecular weight is 597 g/mol. The number of anilines is 1. The van der Waals surface area contributed by atoms with Crippen molar-refractivity contribution in [2.24, 2.45) is 35.3 Å². The Labute approximate surface area is 251 Å². The molecule has 0 radical (unpaired) electrons. The van der Waals surface area contributed by atoms with Crippen molar-refractivity contribution in [2.45, 2.75) is 89.1 Å². The third kappa shape index (κ3) is 4.54. The summed E-state index contributed by atoms with van der Waals surface area (Å²) in [4.78, 5) is 69.3. The van der Waals surface area contributed by atoms with Crippen LogP contribution in [0.1, 0.15) is 76.2 Å². The van der Waals surface area contributed by atoms with E-state index in [0.29, 0.717) is 11.3 Å². The molecule has 0 aromatic heterocycles. The van der Waals surface area contributed by atoms with E-state index in [9.17, 15) is 34.2 Å². The molecule has 2 unspecified atom stereocenters. The van der Waals surface area contributed by atoms with Gasteiger partial charge in [0.1, 0.15) is 5.75 Å². The number of aliphatic hydroxyl groups is 1. The van der Waals surface area contributed by atoms with Crippen molar-refractivity contribution in [1.82, 2.24) is 10.2 Å². The SMILES string of the molecule is C[C@H]1[C@H]2C(C(=O)c3c(ccc(NC4CC(C)(C)NC(C)(C)C4)c3O)[C@@H]2C)C(=O)[C@]2(O)C(=O)C(C(N)=O)C(=O)[C@@H](N(C)C)[C@H]12. The number of fused-ring (bicyclic) bond motifs is 3. The van der Waals surface area contributed by atoms with Crippen molar-refractivity contribution in [2.75, 3.05) is 19.4 Å². The van der Waals surface area contributed by atoms with Crippen LogP contribution in [0, 0.1) is 29.6 Å². The van der Waals surface area contributed by atoms with Crippen LogP contribution in [0.3, 0.4) is 0 Å². The summed E-state index contributed by atoms with van der Waals surface area (Å²) in [6.45, 7) is 12.0. The van der Waals surface area contributed by atoms with Gasteiger partial charge in [-0.15, -0.1) is 0 Å². The summed E-state index contributed by atoms with van der Waals surface area (Å²) in [7, 11) is 3.14. The number of Topliss-reactive ketones (excluding diaryl/α,β-unsaturated/α-hetero) is 4. The number of carbonyl (C=O) groups is 5. The first kappa shape index (κ1) is 31.3. The summed E-state index contributed by atoms with van der Waals surface area (Å²) in [5.41, 5.74) is 3.24. The maximum atomic E-state index is 14.3. The number of nitrogens with zero attached hydrogens (tertiary/aromatic N) is 1. The lowest BCUT2D eigenvalue weighted by Gasteiger charge is -2.57. The average Bonchev–Trinajstić information content (AvgIpc) is 2.85. The van der Waals surface area contributed by atoms with Crippen LogP contribution < -0.4 is 16.4 Å². The van der Waals surface area contributed by atoms with Crippen LogP contribution in [0.4, 0.5) is 5.69 Å². The van der Waals surface area contributed by atoms with Gasteiger partial charge < -0.3 is 26.6 Å². The second kappa shape index (κ2) is 9.93. The third-order valence-electron chi connectivity index (χ3n) is 10.5. The van der Waals surface area contributed by atoms with E-state index in [1.807, 2.05) is 6.92 Å². The Morgan fingerprint density at radius 2 is 1.60 bits per heavy atom. The van der Waals surface area contributed by atoms with Gasteiger partial charge in [-0.3, -0.25) is 28.9 Å². The van der Waals surface area contributed by atoms with Gasteiger partial charge in [0.25, 0.3) is 0 Å². The molecule has 11 nitrogen and oxygen atoms in total. The van der Waals surface area contributed by atoms with Gasteiger partial charge in [-0.2, -0.15) is 0 Å². The molecule has 1 aromatic carbocycles. The molecule has 234 valence electrons. The minimum atomic E-state index is -2.77. The lowest BCUT2D eigenvalue weighted by atomic mass is 9.47. The van der Waals surface area contributed by atoms with Crippen LogP contribution in [-0.2, 0) is 19.2 Å². The van der Waals surface area contributed by atoms with Crippen molar-refractivity contribution in [3.63, 3.8) is 0 Å². The van der Waals surface area contributed by atoms with Crippen LogP contribution in [-0.4, -0.2) is 87.0 Å². The Morgan fingerprint density at radius 1 is 1.02 bits per heavy atom. The van der Waals surface area contributed by atoms with Crippen molar-refractivity contribution >= 4 is 34.7 Å². The quantitative estimate of drug-likeness (QED) is 0.252. The Morgan fingerprint density at radius 3 is 2.14 bits per heavy atom. The molecule has 11 heteroatoms. The molecule has 1 saturated heterocycles. The number of benzene rings is 1. The van der Waals surface area contributed by atoms with E-state index in [4.69, 9.17) is 5.73 Å². The van der Waals surface area contributed by atoms with E-state index in [1.165, 1.54) is 4.90 Å². The number of rotatable bonds is 4. The first-order valence-corrected chi connectivity index (χ1v) is 15.0. The second-order valence-electron chi connectivity index (χ2n) is 14.8. The molecule has 0 spiro atoms. The monoisotopic (exact) mass is 596 g/mol. The number of nitrogens with one attached hydrogen (secondary N) is 2. The predicted octanol–water partition coefficient (Wildman–Crippen LogP) is 1.40. The smallest absolute Gasteiger partial charge is 0.235 e. The number of aromatic hydroxyl groups is 1. The second-order valence-corrected chi connectivity index (χ2v) is 14.8. The van der Waals surface area contributed by atoms with Crippen molar-refractivity contribution < 1.29 is 34.2 Å². The number of ketones is 4. The summed E-state index contributed by atoms with van der Waals surface area (Å²) < 4.78 is 0. The Kier molecular flexibility index (Phi) is 7.23. The zero-order valence-electron chi connectivity index (χ0n) is 26.1. The normalized spacial score (nSPS) is 37.0. The number of amides is 1. The number of phenolic OH excluding ortho intramolecular Hbond substituents is 1. The highest BCUT2D eigenvalue weighted by molar-refractivity contribution is 6.32. The highest BCUT2D eigenvalue weighted by atomic mass is 16.3. The van der Waals surface area contributed by atoms with E-state index in [1.54, 1.807) is 33.2 Å². The fraction of sp³-hybridized carbons (Fsp3) is 0.656. The highest BCUT2D eigenvalue weighted by Gasteiger charge is 2.72. The number of piperidine rings is 1. The van der Waals surface area contributed by atoms with E-state index in [-0.39, 0.29) is 28.4 Å². The molecular formula is C32H44N4O7. The molecule has 6 N–H and O–H groups in total. The molecule has 1 amide bonds. The van der Waals surface area contributed by atoms with Crippen LogP contribution in [0.5, 0.6) is 5.75 Å². The zero-order valence-corrected chi connectivity index (χ0v) is 26.1. The van der Waals surface area contributed by atoms with Gasteiger partial charge in [0.05, 0.1) is 23.2 Å². The number of primary amides is 1. The number of hydrogen-bond acceptors (Lipinski definition) is 10. The molecule has 4 aliphatic rings. The standard InChI is InChI=1S/C32H44N4O7/c1-13-16-9-10-17(34-15-11-30(3,4)35-31(5,6)12-15)24(37)19(16)25(38)20-18(13)14(2)22-23(36(7)8)26(39)21(29(33)42)28(41)32(22,43)27(20)40/h9-10,13-15,18,20-23,34-35,37,43H,11-12H2,1-8H3,(H2,33,42)/t13-,14-,18-,20?,21?,22-,23-,32-/m0/s1. The lowest BCUT2D eigenvalue weighted by molar-refractivity contribution is -0.188. The highest BCUT2D eigenvalue weighted by Crippen LogP contribution is 2.57. The summed E-state index contributed by atoms with van der Waals surface area (Å²) in [6, 6.07) is 2.37. The topological polar surface area (TPSA) is 179 Å². The summed E-state index contributed by atoms with van der Waals surface area (Å²) in [6.07, 6.45) is 1.53. The van der Waals surface area contributed by atoms with Gasteiger partial charge in [-0.05, 0) is 84.0 Å². The number of carbonyl (C=O) groups excluding carboxylic acids is 5. The molecule has 3 fully saturated rings. The summed E-state index contributed by atoms with van der Waals surface area (Å²) in [5, 5.41) is 30.5. The zero-order chi connectivity index (χ0) is 32.1. The lowest BCUT2D eigenvalue weighted by Crippen LogP contribution is -2.76. The number of phenols is 1. The van der Waals surface area contributed by atoms with Crippen LogP contribution in [0.15, 0.2) is 12.1 Å². The summed E-state index contributed by atoms with van der Waals surface area (Å²) in [5.74, 6) is -11.7. The Balaban J connectivity index is 1.59. The molecule has 1 aliphatic heterocycles. The van der Waals surface area contributed by atoms with Crippen LogP contribution in [0.2, 0.25) is 0 Å². The van der Waals surface area contributed by atoms with Crippen molar-refractivity contribution in [1.29, 1.82) is 0 Å². The Bertz CT molecular complexity index is 1420. The molecule has 1 heterocycles. The van der Waals surface area contributed by atoms with E-state index < -0.39 is 76.2 Å². The third-order valence-corrected chi connectivity index (χ3v) is 10.5. The van der Waals surface area contributed by atoms with Gasteiger partial charge in [-0.1, -0.05) is 19.9 Å². The summed E-state index contributed by atoms with van der Waals surface area (Å²) >= 11 is 0. The van der Waals surface area contributed by atoms with Crippen molar-refractivity contribution in [3.8, 4) is 5.75 Å². The molecule has 3 aliphatic carbocycles. The van der Waals surface area contributed by atoms with E-state index >= 15 is 0 Å². The number of likely N-dealkylation sites (N-methyl/N-ethyl adjacent to an activating group) is 1. The maximum Gasteiger partial charge on any atom is 0.235 e. The largest absolute Gasteiger partial charge is 0.505 e. The molecule has 1 aromatic rings. The molecule has 8 atom stereocenters. The van der Waals surface area contributed by atoms with Gasteiger partial charge >= 0.3 is 0 Å². The maximum absolute atomic E-state index is 14.3. The van der Waals surface area contributed by atoms with E-state index in [0.717, 1.165) is 12.8 Å². The molecular weight excluding hydrogens is 552 g/mol. The van der Waals surface area contributed by atoms with Gasteiger partial charge in [0.2, 0.25) is 5.91 Å². The van der Waals surface area contributed by atoms with Gasteiger partial charge in [0, 0.05) is 23.0 Å². The molecule has 43 heavy (non-hydrogen) atoms. The first-order valence-electron chi connectivity index (χ1n) is 15.0. The van der Waals surface area contributed by atoms with Gasteiger partial charge in [0.15, 0.2) is 34.7 Å². The number of hydrogen-bond donors (Lipinski definition) is 5. The molecule has 0 bridgehead atoms. The Hall–Kier alpha value is -3.15. The fourth-order valence-electron chi connectivity index (χ4n) is 9.25. The minimum Gasteiger partial charge on any atom is -0.505 e. The number of nitrogens with two attached hydrogens (primary N) is 1. The minimum absolute atomic E-state index is 0.0104. The van der Waals surface area contributed by atoms with Crippen LogP contribution >= 0.6 is 0 Å². The molecule has 2 saturated carbocycles. The van der Waals surface area contributed by atoms with Gasteiger partial charge in [-0.25, -0.2) is 0 Å². The van der Waals surface area contributed by atoms with Crippen molar-refractivity contribution in [3.05, 3.63) is 23.3 Å². The molecule has 5 rings (SSSR count). The fourth-order valence-corrected chi connectivity index (χ4v) is 9.25. The first-order chi connectivity index (χ1) is 19.7. The predicted molar refractivity (Wildman–Crippen MR) is 159 cm³/mol. The van der Waals surface area contributed by atoms with E-state index in [2.05, 4.69) is 38.3 Å². The van der Waals surface area contributed by atoms with Crippen LogP contribution in [0.25, 0.3) is 0 Å².